The van der Waals surface area contributed by atoms with E-state index in [-0.39, 0.29) is 10.1 Å². The Kier molecular flexibility index (Phi) is 6.63. The van der Waals surface area contributed by atoms with Crippen LogP contribution in [-0.4, -0.2) is 21.1 Å². The molecular weight excluding hydrogens is 447 g/mol. The minimum Gasteiger partial charge on any atom is -0.489 e. The maximum Gasteiger partial charge on any atom is 0.285 e. The molecule has 1 aliphatic rings. The molecule has 0 atom stereocenters. The molecule has 0 spiro atoms. The number of amides is 2. The lowest BCUT2D eigenvalue weighted by atomic mass is 10.2. The monoisotopic (exact) mass is 464 g/mol. The van der Waals surface area contributed by atoms with Gasteiger partial charge in [0.25, 0.3) is 11.8 Å². The van der Waals surface area contributed by atoms with Gasteiger partial charge in [-0.2, -0.15) is 5.01 Å². The first-order valence-electron chi connectivity index (χ1n) is 9.61. The largest absolute Gasteiger partial charge is 0.489 e. The Balaban J connectivity index is 1.38. The van der Waals surface area contributed by atoms with Crippen LogP contribution in [0.4, 0.5) is 4.39 Å². The Morgan fingerprint density at radius 1 is 1.03 bits per heavy atom. The van der Waals surface area contributed by atoms with Crippen molar-refractivity contribution in [2.75, 3.05) is 0 Å². The van der Waals surface area contributed by atoms with Gasteiger partial charge in [0.1, 0.15) is 18.2 Å². The molecule has 3 aromatic carbocycles. The first-order valence-corrected chi connectivity index (χ1v) is 10.8. The molecule has 0 radical (unpaired) electrons. The van der Waals surface area contributed by atoms with E-state index >= 15 is 0 Å². The van der Waals surface area contributed by atoms with Crippen molar-refractivity contribution in [1.29, 1.82) is 0 Å². The first-order chi connectivity index (χ1) is 15.5. The quantitative estimate of drug-likeness (QED) is 0.413. The summed E-state index contributed by atoms with van der Waals surface area (Å²) < 4.78 is 19.0. The highest BCUT2D eigenvalue weighted by Crippen LogP contribution is 2.31. The van der Waals surface area contributed by atoms with Crippen molar-refractivity contribution in [3.8, 4) is 5.75 Å². The molecule has 2 amide bonds. The summed E-state index contributed by atoms with van der Waals surface area (Å²) in [7, 11) is 0. The van der Waals surface area contributed by atoms with Crippen LogP contribution < -0.4 is 10.2 Å². The van der Waals surface area contributed by atoms with Gasteiger partial charge in [0.2, 0.25) is 0 Å². The number of hydrazine groups is 1. The lowest BCUT2D eigenvalue weighted by Gasteiger charge is -2.15. The topological polar surface area (TPSA) is 58.6 Å². The minimum atomic E-state index is -0.473. The zero-order chi connectivity index (χ0) is 22.5. The van der Waals surface area contributed by atoms with Gasteiger partial charge in [-0.25, -0.2) is 4.39 Å². The number of nitrogens with one attached hydrogen (secondary N) is 1. The van der Waals surface area contributed by atoms with Crippen molar-refractivity contribution >= 4 is 46.2 Å². The van der Waals surface area contributed by atoms with Crippen molar-refractivity contribution in [2.45, 2.75) is 6.61 Å². The van der Waals surface area contributed by atoms with Gasteiger partial charge in [-0.15, -0.1) is 0 Å². The molecule has 4 rings (SSSR count). The molecule has 1 N–H and O–H groups in total. The van der Waals surface area contributed by atoms with Crippen molar-refractivity contribution in [3.63, 3.8) is 0 Å². The summed E-state index contributed by atoms with van der Waals surface area (Å²) >= 11 is 6.30. The Bertz CT molecular complexity index is 1180. The summed E-state index contributed by atoms with van der Waals surface area (Å²) in [5.41, 5.74) is 4.59. The average Bonchev–Trinajstić information content (AvgIpc) is 3.07. The predicted octanol–water partition coefficient (Wildman–Crippen LogP) is 4.95. The van der Waals surface area contributed by atoms with E-state index in [1.54, 1.807) is 42.5 Å². The summed E-state index contributed by atoms with van der Waals surface area (Å²) in [6, 6.07) is 22.1. The van der Waals surface area contributed by atoms with Crippen molar-refractivity contribution in [1.82, 2.24) is 10.4 Å². The van der Waals surface area contributed by atoms with Crippen molar-refractivity contribution in [2.24, 2.45) is 0 Å². The number of hydrogen-bond acceptors (Lipinski definition) is 5. The number of halogens is 1. The number of rotatable bonds is 6. The summed E-state index contributed by atoms with van der Waals surface area (Å²) in [5, 5.41) is 1.04. The number of ether oxygens (including phenoxy) is 1. The second-order valence-electron chi connectivity index (χ2n) is 6.81. The molecule has 0 saturated carbocycles. The second-order valence-corrected chi connectivity index (χ2v) is 8.48. The fourth-order valence-electron chi connectivity index (χ4n) is 2.88. The van der Waals surface area contributed by atoms with E-state index in [4.69, 9.17) is 17.0 Å². The lowest BCUT2D eigenvalue weighted by molar-refractivity contribution is -0.123. The predicted molar refractivity (Wildman–Crippen MR) is 126 cm³/mol. The number of benzene rings is 3. The van der Waals surface area contributed by atoms with Gasteiger partial charge < -0.3 is 4.74 Å². The maximum absolute atomic E-state index is 13.1. The Morgan fingerprint density at radius 3 is 2.41 bits per heavy atom. The third-order valence-corrected chi connectivity index (χ3v) is 5.84. The fourth-order valence-corrected chi connectivity index (χ4v) is 4.06. The van der Waals surface area contributed by atoms with Crippen LogP contribution in [0.2, 0.25) is 0 Å². The SMILES string of the molecule is O=C(NN1C(=O)/C(=C/c2ccc(F)cc2)SC1=S)c1ccc(OCc2ccccc2)cc1. The summed E-state index contributed by atoms with van der Waals surface area (Å²) in [4.78, 5) is 25.6. The van der Waals surface area contributed by atoms with Gasteiger partial charge in [-0.3, -0.25) is 15.0 Å². The van der Waals surface area contributed by atoms with Crippen LogP contribution >= 0.6 is 24.0 Å². The van der Waals surface area contributed by atoms with Gasteiger partial charge in [0.15, 0.2) is 4.32 Å². The van der Waals surface area contributed by atoms with E-state index in [0.29, 0.717) is 28.4 Å². The third kappa shape index (κ3) is 5.22. The maximum atomic E-state index is 13.1. The van der Waals surface area contributed by atoms with Gasteiger partial charge >= 0.3 is 0 Å². The molecule has 1 aliphatic heterocycles. The summed E-state index contributed by atoms with van der Waals surface area (Å²) in [5.74, 6) is -0.656. The molecule has 1 saturated heterocycles. The van der Waals surface area contributed by atoms with E-state index in [1.165, 1.54) is 12.1 Å². The number of thioether (sulfide) groups is 1. The molecule has 0 aliphatic carbocycles. The molecule has 0 bridgehead atoms. The first kappa shape index (κ1) is 21.7. The van der Waals surface area contributed by atoms with Gasteiger partial charge in [-0.1, -0.05) is 54.2 Å². The van der Waals surface area contributed by atoms with Crippen LogP contribution in [0.3, 0.4) is 0 Å². The Morgan fingerprint density at radius 2 is 1.72 bits per heavy atom. The highest BCUT2D eigenvalue weighted by molar-refractivity contribution is 8.26. The van der Waals surface area contributed by atoms with Crippen molar-refractivity contribution in [3.05, 3.63) is 106 Å². The number of hydrogen-bond donors (Lipinski definition) is 1. The van der Waals surface area contributed by atoms with Crippen LogP contribution in [0, 0.1) is 5.82 Å². The third-order valence-electron chi connectivity index (χ3n) is 4.54. The molecule has 1 heterocycles. The van der Waals surface area contributed by atoms with E-state index in [9.17, 15) is 14.0 Å². The van der Waals surface area contributed by atoms with Crippen LogP contribution in [0.25, 0.3) is 6.08 Å². The molecular formula is C24H17FN2O3S2. The zero-order valence-electron chi connectivity index (χ0n) is 16.7. The van der Waals surface area contributed by atoms with Crippen LogP contribution in [0.5, 0.6) is 5.75 Å². The summed E-state index contributed by atoms with van der Waals surface area (Å²) in [6.07, 6.45) is 1.60. The molecule has 8 heteroatoms. The lowest BCUT2D eigenvalue weighted by Crippen LogP contribution is -2.44. The van der Waals surface area contributed by atoms with Crippen LogP contribution in [0.1, 0.15) is 21.5 Å². The van der Waals surface area contributed by atoms with Crippen molar-refractivity contribution < 1.29 is 18.7 Å². The van der Waals surface area contributed by atoms with E-state index in [1.807, 2.05) is 30.3 Å². The Labute approximate surface area is 193 Å². The van der Waals surface area contributed by atoms with Gasteiger partial charge in [0, 0.05) is 5.56 Å². The van der Waals surface area contributed by atoms with Gasteiger partial charge in [-0.05, 0) is 65.8 Å². The molecule has 0 unspecified atom stereocenters. The molecule has 5 nitrogen and oxygen atoms in total. The minimum absolute atomic E-state index is 0.208. The van der Waals surface area contributed by atoms with Gasteiger partial charge in [0.05, 0.1) is 4.91 Å². The van der Waals surface area contributed by atoms with Crippen LogP contribution in [0.15, 0.2) is 83.8 Å². The fraction of sp³-hybridized carbons (Fsp3) is 0.0417. The average molecular weight is 465 g/mol. The van der Waals surface area contributed by atoms with E-state index in [0.717, 1.165) is 22.3 Å². The molecule has 1 fully saturated rings. The number of thiocarbonyl (C=S) groups is 1. The molecule has 160 valence electrons. The molecule has 3 aromatic rings. The highest BCUT2D eigenvalue weighted by Gasteiger charge is 2.33. The Hall–Kier alpha value is -3.49. The number of nitrogens with zero attached hydrogens (tertiary/aromatic N) is 1. The number of carbonyl (C=O) groups is 2. The number of carbonyl (C=O) groups excluding carboxylic acids is 2. The van der Waals surface area contributed by atoms with E-state index in [2.05, 4.69) is 5.43 Å². The molecule has 32 heavy (non-hydrogen) atoms. The smallest absolute Gasteiger partial charge is 0.285 e. The van der Waals surface area contributed by atoms with E-state index < -0.39 is 11.8 Å². The van der Waals surface area contributed by atoms with Crippen LogP contribution in [-0.2, 0) is 11.4 Å². The normalized spacial score (nSPS) is 14.7. The second kappa shape index (κ2) is 9.76. The zero-order valence-corrected chi connectivity index (χ0v) is 18.3. The molecule has 0 aromatic heterocycles. The summed E-state index contributed by atoms with van der Waals surface area (Å²) in [6.45, 7) is 0.420. The highest BCUT2D eigenvalue weighted by atomic mass is 32.2. The standard InChI is InChI=1S/C24H17FN2O3S2/c25-19-10-6-16(7-11-19)14-21-23(29)27(24(31)32-21)26-22(28)18-8-12-20(13-9-18)30-15-17-4-2-1-3-5-17/h1-14H,15H2,(H,26,28)/b21-14-.